The summed E-state index contributed by atoms with van der Waals surface area (Å²) in [4.78, 5) is 10.3. The molecule has 0 radical (unpaired) electrons. The first kappa shape index (κ1) is 15.2. The average molecular weight is 314 g/mol. The van der Waals surface area contributed by atoms with Crippen LogP contribution in [0.2, 0.25) is 0 Å². The number of nitro groups is 1. The van der Waals surface area contributed by atoms with E-state index < -0.39 is 22.3 Å². The molecule has 110 valence electrons. The van der Waals surface area contributed by atoms with Crippen molar-refractivity contribution in [3.8, 4) is 11.5 Å². The summed E-state index contributed by atoms with van der Waals surface area (Å²) >= 11 is 5.50. The second-order valence-corrected chi connectivity index (χ2v) is 4.62. The number of hydrogen-bond acceptors (Lipinski definition) is 3. The molecule has 0 bridgehead atoms. The predicted molar refractivity (Wildman–Crippen MR) is 73.8 cm³/mol. The lowest BCUT2D eigenvalue weighted by Gasteiger charge is -2.09. The number of halogens is 3. The van der Waals surface area contributed by atoms with E-state index >= 15 is 0 Å². The van der Waals surface area contributed by atoms with Gasteiger partial charge in [0, 0.05) is 11.9 Å². The van der Waals surface area contributed by atoms with E-state index in [1.54, 1.807) is 13.0 Å². The molecule has 0 amide bonds. The molecule has 2 rings (SSSR count). The minimum Gasteiger partial charge on any atom is -0.444 e. The van der Waals surface area contributed by atoms with Gasteiger partial charge in [-0.1, -0.05) is 6.07 Å². The molecule has 0 aliphatic rings. The molecule has 0 aliphatic carbocycles. The SMILES string of the molecule is Cc1ccc(Oc2c(F)cc(CCl)cc2F)c([N+](=O)[O-])c1. The molecule has 0 heterocycles. The van der Waals surface area contributed by atoms with E-state index in [9.17, 15) is 18.9 Å². The summed E-state index contributed by atoms with van der Waals surface area (Å²) in [5.41, 5.74) is 0.514. The smallest absolute Gasteiger partial charge is 0.311 e. The van der Waals surface area contributed by atoms with Crippen LogP contribution in [0, 0.1) is 28.7 Å². The van der Waals surface area contributed by atoms with Crippen LogP contribution in [-0.4, -0.2) is 4.92 Å². The second kappa shape index (κ2) is 6.05. The number of alkyl halides is 1. The third kappa shape index (κ3) is 3.28. The van der Waals surface area contributed by atoms with Crippen molar-refractivity contribution >= 4 is 17.3 Å². The number of benzene rings is 2. The molecule has 0 aliphatic heterocycles. The van der Waals surface area contributed by atoms with E-state index in [0.717, 1.165) is 12.1 Å². The summed E-state index contributed by atoms with van der Waals surface area (Å²) in [6, 6.07) is 6.14. The number of nitro benzene ring substituents is 1. The van der Waals surface area contributed by atoms with Crippen molar-refractivity contribution in [2.45, 2.75) is 12.8 Å². The van der Waals surface area contributed by atoms with Gasteiger partial charge < -0.3 is 4.74 Å². The third-order valence-corrected chi connectivity index (χ3v) is 3.04. The van der Waals surface area contributed by atoms with Crippen LogP contribution in [0.1, 0.15) is 11.1 Å². The highest BCUT2D eigenvalue weighted by Gasteiger charge is 2.20. The Hall–Kier alpha value is -2.21. The molecule has 0 fully saturated rings. The Morgan fingerprint density at radius 2 is 1.86 bits per heavy atom. The van der Waals surface area contributed by atoms with Crippen molar-refractivity contribution < 1.29 is 18.4 Å². The Kier molecular flexibility index (Phi) is 4.37. The van der Waals surface area contributed by atoms with Gasteiger partial charge in [-0.2, -0.15) is 0 Å². The first-order valence-corrected chi connectivity index (χ1v) is 6.42. The predicted octanol–water partition coefficient (Wildman–Crippen LogP) is 4.71. The fourth-order valence-corrected chi connectivity index (χ4v) is 1.91. The third-order valence-electron chi connectivity index (χ3n) is 2.74. The van der Waals surface area contributed by atoms with Crippen LogP contribution >= 0.6 is 11.6 Å². The van der Waals surface area contributed by atoms with Crippen LogP contribution < -0.4 is 4.74 Å². The molecule has 0 atom stereocenters. The number of hydrogen-bond donors (Lipinski definition) is 0. The maximum atomic E-state index is 13.8. The Bertz CT molecular complexity index is 684. The highest BCUT2D eigenvalue weighted by atomic mass is 35.5. The zero-order chi connectivity index (χ0) is 15.6. The van der Waals surface area contributed by atoms with Gasteiger partial charge in [-0.15, -0.1) is 11.6 Å². The van der Waals surface area contributed by atoms with Gasteiger partial charge in [-0.25, -0.2) is 8.78 Å². The zero-order valence-electron chi connectivity index (χ0n) is 10.9. The summed E-state index contributed by atoms with van der Waals surface area (Å²) in [7, 11) is 0. The Balaban J connectivity index is 2.46. The van der Waals surface area contributed by atoms with Crippen LogP contribution in [0.15, 0.2) is 30.3 Å². The summed E-state index contributed by atoms with van der Waals surface area (Å²) in [6.45, 7) is 1.66. The Morgan fingerprint density at radius 1 is 1.24 bits per heavy atom. The van der Waals surface area contributed by atoms with Gasteiger partial charge in [0.25, 0.3) is 0 Å². The van der Waals surface area contributed by atoms with E-state index in [-0.39, 0.29) is 22.9 Å². The van der Waals surface area contributed by atoms with Crippen molar-refractivity contribution in [1.82, 2.24) is 0 Å². The second-order valence-electron chi connectivity index (χ2n) is 4.35. The van der Waals surface area contributed by atoms with Crippen molar-refractivity contribution in [3.63, 3.8) is 0 Å². The maximum absolute atomic E-state index is 13.8. The number of nitrogens with zero attached hydrogens (tertiary/aromatic N) is 1. The van der Waals surface area contributed by atoms with Gasteiger partial charge in [0.05, 0.1) is 4.92 Å². The molecule has 0 unspecified atom stereocenters. The molecule has 0 N–H and O–H groups in total. The highest BCUT2D eigenvalue weighted by molar-refractivity contribution is 6.17. The summed E-state index contributed by atoms with van der Waals surface area (Å²) in [6.07, 6.45) is 0. The fourth-order valence-electron chi connectivity index (χ4n) is 1.75. The molecule has 2 aromatic rings. The van der Waals surface area contributed by atoms with Crippen LogP contribution in [0.25, 0.3) is 0 Å². The normalized spacial score (nSPS) is 10.5. The number of aryl methyl sites for hydroxylation is 1. The molecule has 2 aromatic carbocycles. The molecule has 0 spiro atoms. The van der Waals surface area contributed by atoms with Crippen molar-refractivity contribution in [2.75, 3.05) is 0 Å². The maximum Gasteiger partial charge on any atom is 0.311 e. The van der Waals surface area contributed by atoms with Crippen molar-refractivity contribution in [2.24, 2.45) is 0 Å². The summed E-state index contributed by atoms with van der Waals surface area (Å²) < 4.78 is 32.7. The molecular weight excluding hydrogens is 304 g/mol. The Labute approximate surface area is 124 Å². The first-order chi connectivity index (χ1) is 9.92. The standard InChI is InChI=1S/C14H10ClF2NO3/c1-8-2-3-13(12(4-8)18(19)20)21-14-10(16)5-9(7-15)6-11(14)17/h2-6H,7H2,1H3. The lowest BCUT2D eigenvalue weighted by molar-refractivity contribution is -0.385. The average Bonchev–Trinajstić information content (AvgIpc) is 2.43. The molecular formula is C14H10ClF2NO3. The Morgan fingerprint density at radius 3 is 2.38 bits per heavy atom. The topological polar surface area (TPSA) is 52.4 Å². The van der Waals surface area contributed by atoms with Gasteiger partial charge in [0.1, 0.15) is 0 Å². The van der Waals surface area contributed by atoms with Gasteiger partial charge in [0.2, 0.25) is 5.75 Å². The van der Waals surface area contributed by atoms with Gasteiger partial charge >= 0.3 is 5.69 Å². The molecule has 0 saturated carbocycles. The highest BCUT2D eigenvalue weighted by Crippen LogP contribution is 2.35. The molecule has 7 heteroatoms. The van der Waals surface area contributed by atoms with Crippen molar-refractivity contribution in [1.29, 1.82) is 0 Å². The van der Waals surface area contributed by atoms with Crippen LogP contribution in [-0.2, 0) is 5.88 Å². The minimum absolute atomic E-state index is 0.0567. The number of rotatable bonds is 4. The lowest BCUT2D eigenvalue weighted by atomic mass is 10.2. The van der Waals surface area contributed by atoms with Gasteiger partial charge in [-0.05, 0) is 36.2 Å². The van der Waals surface area contributed by atoms with E-state index in [4.69, 9.17) is 16.3 Å². The van der Waals surface area contributed by atoms with E-state index in [0.29, 0.717) is 5.56 Å². The zero-order valence-corrected chi connectivity index (χ0v) is 11.7. The molecule has 21 heavy (non-hydrogen) atoms. The lowest BCUT2D eigenvalue weighted by Crippen LogP contribution is -1.98. The van der Waals surface area contributed by atoms with Crippen molar-refractivity contribution in [3.05, 3.63) is 63.2 Å². The quantitative estimate of drug-likeness (QED) is 0.466. The summed E-state index contributed by atoms with van der Waals surface area (Å²) in [5, 5.41) is 11.0. The molecule has 0 aromatic heterocycles. The molecule has 0 saturated heterocycles. The largest absolute Gasteiger partial charge is 0.444 e. The van der Waals surface area contributed by atoms with E-state index in [1.807, 2.05) is 0 Å². The fraction of sp³-hybridized carbons (Fsp3) is 0.143. The molecule has 4 nitrogen and oxygen atoms in total. The van der Waals surface area contributed by atoms with Gasteiger partial charge in [-0.3, -0.25) is 10.1 Å². The number of ether oxygens (including phenoxy) is 1. The monoisotopic (exact) mass is 313 g/mol. The van der Waals surface area contributed by atoms with E-state index in [2.05, 4.69) is 0 Å². The summed E-state index contributed by atoms with van der Waals surface area (Å²) in [5.74, 6) is -2.93. The minimum atomic E-state index is -0.972. The van der Waals surface area contributed by atoms with Crippen LogP contribution in [0.3, 0.4) is 0 Å². The van der Waals surface area contributed by atoms with Gasteiger partial charge in [0.15, 0.2) is 17.4 Å². The first-order valence-electron chi connectivity index (χ1n) is 5.89. The van der Waals surface area contributed by atoms with Crippen LogP contribution in [0.5, 0.6) is 11.5 Å². The van der Waals surface area contributed by atoms with E-state index in [1.165, 1.54) is 12.1 Å². The van der Waals surface area contributed by atoms with Crippen LogP contribution in [0.4, 0.5) is 14.5 Å².